The second kappa shape index (κ2) is 6.02. The van der Waals surface area contributed by atoms with Gasteiger partial charge >= 0.3 is 5.97 Å². The van der Waals surface area contributed by atoms with Crippen molar-refractivity contribution in [1.29, 1.82) is 0 Å². The van der Waals surface area contributed by atoms with Gasteiger partial charge in [0.1, 0.15) is 6.61 Å². The van der Waals surface area contributed by atoms with Gasteiger partial charge in [-0.25, -0.2) is 4.79 Å². The molecule has 0 saturated heterocycles. The zero-order valence-corrected chi connectivity index (χ0v) is 8.26. The molecule has 0 aliphatic rings. The molecule has 0 saturated carbocycles. The quantitative estimate of drug-likeness (QED) is 0.476. The maximum atomic E-state index is 11.1. The van der Waals surface area contributed by atoms with E-state index in [-0.39, 0.29) is 18.6 Å². The number of carbonyl (C=O) groups is 1. The highest BCUT2D eigenvalue weighted by Gasteiger charge is 2.24. The fraction of sp³-hybridized carbons (Fsp3) is 0.857. The van der Waals surface area contributed by atoms with Crippen LogP contribution >= 0.6 is 0 Å². The van der Waals surface area contributed by atoms with Crippen molar-refractivity contribution in [1.82, 2.24) is 0 Å². The normalized spacial score (nSPS) is 12.2. The van der Waals surface area contributed by atoms with Crippen LogP contribution in [0.2, 0.25) is 0 Å². The highest BCUT2D eigenvalue weighted by Crippen LogP contribution is 1.93. The Labute approximate surface area is 77.8 Å². The third kappa shape index (κ3) is 3.73. The van der Waals surface area contributed by atoms with Crippen LogP contribution in [0.5, 0.6) is 0 Å². The van der Waals surface area contributed by atoms with Crippen molar-refractivity contribution in [2.24, 2.45) is 5.73 Å². The number of rotatable bonds is 5. The van der Waals surface area contributed by atoms with Gasteiger partial charge in [-0.1, -0.05) is 0 Å². The fourth-order valence-electron chi connectivity index (χ4n) is 0.672. The molecule has 0 aliphatic carbocycles. The van der Waals surface area contributed by atoms with Crippen LogP contribution < -0.4 is 5.73 Å². The first-order valence-corrected chi connectivity index (χ1v) is 4.30. The largest absolute Gasteiger partial charge is 0.459 e. The van der Waals surface area contributed by atoms with E-state index in [1.165, 1.54) is 3.95 Å². The summed E-state index contributed by atoms with van der Waals surface area (Å²) >= 11 is 4.89. The highest BCUT2D eigenvalue weighted by molar-refractivity contribution is 7.44. The van der Waals surface area contributed by atoms with E-state index in [0.717, 1.165) is 0 Å². The summed E-state index contributed by atoms with van der Waals surface area (Å²) in [6, 6.07) is -0.364. The molecule has 0 heterocycles. The van der Waals surface area contributed by atoms with Crippen molar-refractivity contribution >= 4 is 18.4 Å². The Morgan fingerprint density at radius 1 is 1.75 bits per heavy atom. The van der Waals surface area contributed by atoms with E-state index < -0.39 is 0 Å². The molecule has 0 spiro atoms. The molecule has 1 atom stereocenters. The van der Waals surface area contributed by atoms with Gasteiger partial charge in [-0.05, 0) is 6.92 Å². The summed E-state index contributed by atoms with van der Waals surface area (Å²) in [5, 5.41) is 0. The van der Waals surface area contributed by atoms with E-state index in [1.54, 1.807) is 6.92 Å². The molecule has 0 aromatic heterocycles. The smallest absolute Gasteiger partial charge is 0.376 e. The molecular weight excluding hydrogens is 176 g/mol. The van der Waals surface area contributed by atoms with Gasteiger partial charge in [-0.3, -0.25) is 0 Å². The van der Waals surface area contributed by atoms with E-state index in [1.807, 2.05) is 6.92 Å². The summed E-state index contributed by atoms with van der Waals surface area (Å²) in [5.74, 6) is -0.308. The lowest BCUT2D eigenvalue weighted by atomic mass is 10.3. The number of hydrogen-bond donors (Lipinski definition) is 1. The molecule has 0 aliphatic heterocycles. The third-order valence-electron chi connectivity index (χ3n) is 1.45. The van der Waals surface area contributed by atoms with E-state index in [2.05, 4.69) is 0 Å². The number of ether oxygens (including phenoxy) is 1. The molecular formula is C7H15N2O2S+. The second-order valence-corrected chi connectivity index (χ2v) is 2.83. The first-order chi connectivity index (χ1) is 5.63. The summed E-state index contributed by atoms with van der Waals surface area (Å²) in [5.41, 5.74) is 5.17. The number of nitrogens with zero attached hydrogens (tertiary/aromatic N) is 1. The molecule has 4 nitrogen and oxygen atoms in total. The van der Waals surface area contributed by atoms with E-state index in [9.17, 15) is 4.79 Å². The molecule has 70 valence electrons. The predicted molar refractivity (Wildman–Crippen MR) is 47.6 cm³/mol. The summed E-state index contributed by atoms with van der Waals surface area (Å²) < 4.78 is 6.30. The van der Waals surface area contributed by atoms with Crippen LogP contribution in [0.4, 0.5) is 0 Å². The van der Waals surface area contributed by atoms with Crippen LogP contribution in [0.25, 0.3) is 0 Å². The average Bonchev–Trinajstić information content (AvgIpc) is 2.11. The zero-order chi connectivity index (χ0) is 9.56. The molecule has 0 unspecified atom stereocenters. The summed E-state index contributed by atoms with van der Waals surface area (Å²) in [7, 11) is 0. The van der Waals surface area contributed by atoms with Gasteiger partial charge in [0.25, 0.3) is 18.5 Å². The minimum Gasteiger partial charge on any atom is -0.459 e. The van der Waals surface area contributed by atoms with Crippen LogP contribution in [-0.4, -0.2) is 35.7 Å². The lowest BCUT2D eigenvalue weighted by Crippen LogP contribution is -2.32. The van der Waals surface area contributed by atoms with Gasteiger partial charge in [-0.2, -0.15) is 0 Å². The van der Waals surface area contributed by atoms with Crippen molar-refractivity contribution < 1.29 is 13.5 Å². The number of hydrogen-bond acceptors (Lipinski definition) is 4. The Morgan fingerprint density at radius 2 is 2.33 bits per heavy atom. The fourth-order valence-corrected chi connectivity index (χ4v) is 0.758. The lowest BCUT2D eigenvalue weighted by molar-refractivity contribution is -0.519. The van der Waals surface area contributed by atoms with Gasteiger partial charge in [-0.15, -0.1) is 3.95 Å². The summed E-state index contributed by atoms with van der Waals surface area (Å²) in [4.78, 5) is 11.1. The maximum Gasteiger partial charge on any atom is 0.376 e. The molecule has 0 rings (SSSR count). The van der Waals surface area contributed by atoms with Crippen LogP contribution in [0.15, 0.2) is 0 Å². The number of carbonyl (C=O) groups excluding carboxylic acids is 1. The summed E-state index contributed by atoms with van der Waals surface area (Å²) in [6.07, 6.45) is 0. The molecule has 0 amide bonds. The zero-order valence-electron chi connectivity index (χ0n) is 7.45. The Kier molecular flexibility index (Phi) is 5.74. The maximum absolute atomic E-state index is 11.1. The van der Waals surface area contributed by atoms with Crippen molar-refractivity contribution in [2.75, 3.05) is 19.7 Å². The van der Waals surface area contributed by atoms with Crippen LogP contribution in [0.1, 0.15) is 13.8 Å². The lowest BCUT2D eigenvalue weighted by Gasteiger charge is -2.05. The predicted octanol–water partition coefficient (Wildman–Crippen LogP) is -0.360. The van der Waals surface area contributed by atoms with Gasteiger partial charge in [0.15, 0.2) is 6.54 Å². The average molecular weight is 191 g/mol. The van der Waals surface area contributed by atoms with Crippen LogP contribution in [0.3, 0.4) is 0 Å². The number of likely N-dealkylation sites (N-methyl/N-ethyl adjacent to an activating group) is 1. The molecule has 5 heteroatoms. The summed E-state index contributed by atoms with van der Waals surface area (Å²) in [6.45, 7) is 4.86. The Hall–Kier alpha value is -0.550. The van der Waals surface area contributed by atoms with Crippen LogP contribution in [0, 0.1) is 0 Å². The van der Waals surface area contributed by atoms with Crippen molar-refractivity contribution in [3.63, 3.8) is 0 Å². The number of esters is 1. The van der Waals surface area contributed by atoms with Crippen molar-refractivity contribution in [3.8, 4) is 0 Å². The molecule has 0 aromatic rings. The molecule has 12 heavy (non-hydrogen) atoms. The minimum absolute atomic E-state index is 0.260. The second-order valence-electron chi connectivity index (χ2n) is 2.37. The highest BCUT2D eigenvalue weighted by atomic mass is 32.1. The van der Waals surface area contributed by atoms with Crippen molar-refractivity contribution in [3.05, 3.63) is 0 Å². The van der Waals surface area contributed by atoms with Gasteiger partial charge < -0.3 is 10.5 Å². The molecule has 0 radical (unpaired) electrons. The Balaban J connectivity index is 3.84. The number of nitrogens with two attached hydrogens (primary N) is 1. The first kappa shape index (κ1) is 11.4. The standard InChI is InChI=1S/C7H15N2O2S/c1-3-9(12)6(2)7(10)11-5-4-8/h6H,3-5,8H2,1-2H3/q+1/t6-/m0/s1. The Morgan fingerprint density at radius 3 is 2.75 bits per heavy atom. The molecule has 0 aromatic carbocycles. The SMILES string of the molecule is CC[N+](=S)[C@@H](C)C(=O)OCCN. The van der Waals surface area contributed by atoms with E-state index in [4.69, 9.17) is 22.9 Å². The van der Waals surface area contributed by atoms with Crippen LogP contribution in [-0.2, 0) is 22.0 Å². The molecule has 0 bridgehead atoms. The monoisotopic (exact) mass is 191 g/mol. The van der Waals surface area contributed by atoms with E-state index in [0.29, 0.717) is 13.1 Å². The minimum atomic E-state index is -0.364. The van der Waals surface area contributed by atoms with Gasteiger partial charge in [0.2, 0.25) is 0 Å². The third-order valence-corrected chi connectivity index (χ3v) is 2.02. The first-order valence-electron chi connectivity index (χ1n) is 3.94. The van der Waals surface area contributed by atoms with Gasteiger partial charge in [0.05, 0.1) is 0 Å². The Bertz CT molecular complexity index is 173. The van der Waals surface area contributed by atoms with E-state index >= 15 is 0 Å². The molecule has 2 N–H and O–H groups in total. The van der Waals surface area contributed by atoms with Crippen molar-refractivity contribution in [2.45, 2.75) is 19.9 Å². The topological polar surface area (TPSA) is 55.3 Å². The molecule has 0 fully saturated rings. The van der Waals surface area contributed by atoms with Gasteiger partial charge in [0, 0.05) is 13.5 Å².